The largest absolute Gasteiger partial charge is 0.481 e. The van der Waals surface area contributed by atoms with Crippen molar-refractivity contribution in [3.8, 4) is 0 Å². The van der Waals surface area contributed by atoms with E-state index in [4.69, 9.17) is 9.47 Å². The Hall–Kier alpha value is -2.65. The number of hydrogen-bond donors (Lipinski definition) is 3. The molecule has 1 aromatic carbocycles. The fraction of sp³-hybridized carbons (Fsp3) is 0.640. The molecule has 0 unspecified atom stereocenters. The standard InChI is InChI=1S/C25H39N5O4/c1-16(2)14-30(19-7-9-20(34-5)10-8-19)22-11-6-18(17(3)12-24(31)32)13-21(22)26-25-27-23(15-33-4)28-29-25/h6,11,13,16-17,19-20H,7-10,12,14-15H2,1-5H3,(H,31,32)(H2,26,27,28,29)/t17-,19?,20?/m1/s1. The van der Waals surface area contributed by atoms with E-state index >= 15 is 0 Å². The molecule has 1 aliphatic carbocycles. The minimum absolute atomic E-state index is 0.0775. The molecular weight excluding hydrogens is 434 g/mol. The number of methoxy groups -OCH3 is 2. The zero-order chi connectivity index (χ0) is 24.7. The van der Waals surface area contributed by atoms with Crippen LogP contribution in [0.25, 0.3) is 0 Å². The van der Waals surface area contributed by atoms with Crippen LogP contribution in [-0.2, 0) is 20.9 Å². The molecule has 0 bridgehead atoms. The van der Waals surface area contributed by atoms with Gasteiger partial charge in [-0.05, 0) is 55.2 Å². The van der Waals surface area contributed by atoms with Crippen molar-refractivity contribution in [3.05, 3.63) is 29.6 Å². The summed E-state index contributed by atoms with van der Waals surface area (Å²) in [6.45, 7) is 7.67. The molecule has 1 saturated carbocycles. The Bertz CT molecular complexity index is 924. The number of nitrogens with one attached hydrogen (secondary N) is 2. The van der Waals surface area contributed by atoms with Crippen molar-refractivity contribution in [2.24, 2.45) is 5.92 Å². The summed E-state index contributed by atoms with van der Waals surface area (Å²) in [6, 6.07) is 6.62. The maximum Gasteiger partial charge on any atom is 0.303 e. The van der Waals surface area contributed by atoms with Gasteiger partial charge in [-0.15, -0.1) is 5.10 Å². The van der Waals surface area contributed by atoms with Crippen LogP contribution in [0.1, 0.15) is 70.2 Å². The van der Waals surface area contributed by atoms with Gasteiger partial charge in [-0.1, -0.05) is 26.8 Å². The molecule has 0 spiro atoms. The molecule has 9 nitrogen and oxygen atoms in total. The summed E-state index contributed by atoms with van der Waals surface area (Å²) in [4.78, 5) is 18.3. The van der Waals surface area contributed by atoms with E-state index in [-0.39, 0.29) is 12.3 Å². The van der Waals surface area contributed by atoms with Crippen molar-refractivity contribution < 1.29 is 19.4 Å². The maximum absolute atomic E-state index is 11.3. The number of aromatic nitrogens is 3. The summed E-state index contributed by atoms with van der Waals surface area (Å²) in [5.41, 5.74) is 2.93. The summed E-state index contributed by atoms with van der Waals surface area (Å²) in [6.07, 6.45) is 4.65. The zero-order valence-electron chi connectivity index (χ0n) is 21.0. The number of benzene rings is 1. The number of carboxylic acids is 1. The Kier molecular flexibility index (Phi) is 9.29. The average Bonchev–Trinajstić information content (AvgIpc) is 3.24. The number of ether oxygens (including phenoxy) is 2. The van der Waals surface area contributed by atoms with Crippen molar-refractivity contribution in [2.45, 2.75) is 77.5 Å². The Morgan fingerprint density at radius 2 is 1.97 bits per heavy atom. The molecule has 3 rings (SSSR count). The van der Waals surface area contributed by atoms with Gasteiger partial charge >= 0.3 is 5.97 Å². The van der Waals surface area contributed by atoms with E-state index < -0.39 is 5.97 Å². The molecule has 0 aliphatic heterocycles. The normalized spacial score (nSPS) is 19.2. The summed E-state index contributed by atoms with van der Waals surface area (Å²) >= 11 is 0. The van der Waals surface area contributed by atoms with Crippen molar-refractivity contribution in [1.29, 1.82) is 0 Å². The minimum atomic E-state index is -0.805. The van der Waals surface area contributed by atoms with E-state index in [9.17, 15) is 9.90 Å². The third kappa shape index (κ3) is 6.93. The highest BCUT2D eigenvalue weighted by molar-refractivity contribution is 5.75. The molecule has 9 heteroatoms. The number of aliphatic carboxylic acids is 1. The van der Waals surface area contributed by atoms with Crippen LogP contribution in [-0.4, -0.2) is 59.2 Å². The Morgan fingerprint density at radius 3 is 2.59 bits per heavy atom. The molecule has 2 aromatic rings. The predicted molar refractivity (Wildman–Crippen MR) is 133 cm³/mol. The molecule has 3 N–H and O–H groups in total. The van der Waals surface area contributed by atoms with Gasteiger partial charge in [0.05, 0.1) is 23.9 Å². The fourth-order valence-corrected chi connectivity index (χ4v) is 4.69. The quantitative estimate of drug-likeness (QED) is 0.407. The second-order valence-electron chi connectivity index (χ2n) is 9.65. The van der Waals surface area contributed by atoms with Crippen LogP contribution in [0.4, 0.5) is 17.3 Å². The first-order valence-corrected chi connectivity index (χ1v) is 12.1. The molecule has 0 saturated heterocycles. The molecule has 1 aliphatic rings. The van der Waals surface area contributed by atoms with Gasteiger partial charge in [0.25, 0.3) is 0 Å². The lowest BCUT2D eigenvalue weighted by Crippen LogP contribution is -2.41. The van der Waals surface area contributed by atoms with E-state index in [1.54, 1.807) is 14.2 Å². The maximum atomic E-state index is 11.3. The molecular formula is C25H39N5O4. The van der Waals surface area contributed by atoms with Crippen LogP contribution in [0.15, 0.2) is 18.2 Å². The SMILES string of the molecule is COCc1nc(Nc2cc([C@H](C)CC(=O)O)ccc2N(CC(C)C)C2CCC(OC)CC2)n[nH]1. The van der Waals surface area contributed by atoms with Gasteiger partial charge in [0.2, 0.25) is 5.95 Å². The number of carbonyl (C=O) groups is 1. The average molecular weight is 474 g/mol. The van der Waals surface area contributed by atoms with Crippen molar-refractivity contribution in [2.75, 3.05) is 31.0 Å². The van der Waals surface area contributed by atoms with Gasteiger partial charge in [0, 0.05) is 26.8 Å². The molecule has 188 valence electrons. The third-order valence-corrected chi connectivity index (χ3v) is 6.42. The first-order chi connectivity index (χ1) is 16.3. The Labute approximate surface area is 202 Å². The van der Waals surface area contributed by atoms with Crippen LogP contribution in [0.2, 0.25) is 0 Å². The van der Waals surface area contributed by atoms with Gasteiger partial charge in [0.15, 0.2) is 5.82 Å². The summed E-state index contributed by atoms with van der Waals surface area (Å²) in [5, 5.41) is 19.9. The first kappa shape index (κ1) is 26.0. The van der Waals surface area contributed by atoms with Gasteiger partial charge in [-0.25, -0.2) is 0 Å². The number of carboxylic acid groups (broad SMARTS) is 1. The van der Waals surface area contributed by atoms with Crippen LogP contribution >= 0.6 is 0 Å². The first-order valence-electron chi connectivity index (χ1n) is 12.1. The van der Waals surface area contributed by atoms with Gasteiger partial charge in [0.1, 0.15) is 6.61 Å². The monoisotopic (exact) mass is 473 g/mol. The van der Waals surface area contributed by atoms with Gasteiger partial charge in [-0.3, -0.25) is 9.89 Å². The van der Waals surface area contributed by atoms with E-state index in [2.05, 4.69) is 51.4 Å². The lowest BCUT2D eigenvalue weighted by Gasteiger charge is -2.40. The van der Waals surface area contributed by atoms with E-state index in [1.807, 2.05) is 13.0 Å². The zero-order valence-corrected chi connectivity index (χ0v) is 21.0. The lowest BCUT2D eigenvalue weighted by molar-refractivity contribution is -0.137. The predicted octanol–water partition coefficient (Wildman–Crippen LogP) is 4.69. The van der Waals surface area contributed by atoms with E-state index in [1.165, 1.54) is 0 Å². The van der Waals surface area contributed by atoms with E-state index in [0.29, 0.717) is 36.4 Å². The number of H-pyrrole nitrogens is 1. The Morgan fingerprint density at radius 1 is 1.24 bits per heavy atom. The van der Waals surface area contributed by atoms with Gasteiger partial charge < -0.3 is 24.8 Å². The number of anilines is 3. The van der Waals surface area contributed by atoms with Crippen LogP contribution in [0.3, 0.4) is 0 Å². The highest BCUT2D eigenvalue weighted by Crippen LogP contribution is 2.37. The van der Waals surface area contributed by atoms with Crippen LogP contribution in [0.5, 0.6) is 0 Å². The van der Waals surface area contributed by atoms with Crippen molar-refractivity contribution >= 4 is 23.3 Å². The highest BCUT2D eigenvalue weighted by atomic mass is 16.5. The fourth-order valence-electron chi connectivity index (χ4n) is 4.69. The molecule has 1 heterocycles. The minimum Gasteiger partial charge on any atom is -0.481 e. The molecule has 0 radical (unpaired) electrons. The van der Waals surface area contributed by atoms with Crippen LogP contribution < -0.4 is 10.2 Å². The second kappa shape index (κ2) is 12.2. The number of rotatable bonds is 12. The van der Waals surface area contributed by atoms with E-state index in [0.717, 1.165) is 49.2 Å². The summed E-state index contributed by atoms with van der Waals surface area (Å²) in [7, 11) is 3.41. The van der Waals surface area contributed by atoms with Gasteiger partial charge in [-0.2, -0.15) is 4.98 Å². The molecule has 34 heavy (non-hydrogen) atoms. The topological polar surface area (TPSA) is 113 Å². The van der Waals surface area contributed by atoms with Crippen molar-refractivity contribution in [1.82, 2.24) is 15.2 Å². The molecule has 1 aromatic heterocycles. The second-order valence-corrected chi connectivity index (χ2v) is 9.65. The third-order valence-electron chi connectivity index (χ3n) is 6.42. The highest BCUT2D eigenvalue weighted by Gasteiger charge is 2.28. The number of nitrogens with zero attached hydrogens (tertiary/aromatic N) is 3. The molecule has 1 atom stereocenters. The number of aromatic amines is 1. The lowest BCUT2D eigenvalue weighted by atomic mass is 9.90. The molecule has 1 fully saturated rings. The Balaban J connectivity index is 1.96. The number of hydrogen-bond acceptors (Lipinski definition) is 7. The summed E-state index contributed by atoms with van der Waals surface area (Å²) < 4.78 is 10.7. The smallest absolute Gasteiger partial charge is 0.303 e. The van der Waals surface area contributed by atoms with Crippen LogP contribution in [0, 0.1) is 5.92 Å². The molecule has 0 amide bonds. The van der Waals surface area contributed by atoms with Crippen molar-refractivity contribution in [3.63, 3.8) is 0 Å². The summed E-state index contributed by atoms with van der Waals surface area (Å²) in [5.74, 6) is 0.665.